The summed E-state index contributed by atoms with van der Waals surface area (Å²) in [5.41, 5.74) is 2.66. The van der Waals surface area contributed by atoms with Crippen molar-refractivity contribution in [1.29, 1.82) is 0 Å². The lowest BCUT2D eigenvalue weighted by atomic mass is 9.98. The summed E-state index contributed by atoms with van der Waals surface area (Å²) in [6.45, 7) is 9.02. The van der Waals surface area contributed by atoms with Crippen LogP contribution in [0.1, 0.15) is 49.1 Å². The van der Waals surface area contributed by atoms with Crippen LogP contribution in [0.15, 0.2) is 46.8 Å². The van der Waals surface area contributed by atoms with Gasteiger partial charge in [-0.15, -0.1) is 11.3 Å². The van der Waals surface area contributed by atoms with Crippen LogP contribution in [-0.4, -0.2) is 50.6 Å². The zero-order valence-corrected chi connectivity index (χ0v) is 19.8. The Hall–Kier alpha value is -2.05. The van der Waals surface area contributed by atoms with Crippen LogP contribution < -0.4 is 15.5 Å². The molecular weight excluding hydrogens is 402 g/mol. The van der Waals surface area contributed by atoms with Crippen molar-refractivity contribution in [2.75, 3.05) is 44.7 Å². The lowest BCUT2D eigenvalue weighted by Gasteiger charge is -2.33. The average molecular weight is 440 g/mol. The Labute approximate surface area is 191 Å². The van der Waals surface area contributed by atoms with Crippen molar-refractivity contribution < 1.29 is 0 Å². The Morgan fingerprint density at radius 1 is 1.16 bits per heavy atom. The summed E-state index contributed by atoms with van der Waals surface area (Å²) in [5.74, 6) is 1.57. The maximum absolute atomic E-state index is 4.49. The van der Waals surface area contributed by atoms with E-state index in [1.165, 1.54) is 61.4 Å². The molecule has 2 unspecified atom stereocenters. The quantitative estimate of drug-likeness (QED) is 0.493. The second-order valence-electron chi connectivity index (χ2n) is 8.93. The smallest absolute Gasteiger partial charge is 0.191 e. The maximum Gasteiger partial charge on any atom is 0.191 e. The van der Waals surface area contributed by atoms with Gasteiger partial charge in [0, 0.05) is 50.3 Å². The highest BCUT2D eigenvalue weighted by molar-refractivity contribution is 7.09. The highest BCUT2D eigenvalue weighted by Gasteiger charge is 2.21. The van der Waals surface area contributed by atoms with E-state index in [0.717, 1.165) is 25.6 Å². The number of piperidine rings is 1. The Morgan fingerprint density at radius 3 is 2.81 bits per heavy atom. The minimum absolute atomic E-state index is 0.218. The molecule has 2 aromatic rings. The molecule has 0 aliphatic carbocycles. The molecule has 2 N–H and O–H groups in total. The molecule has 2 atom stereocenters. The number of guanidine groups is 1. The second kappa shape index (κ2) is 11.0. The van der Waals surface area contributed by atoms with Crippen LogP contribution in [0.4, 0.5) is 5.69 Å². The van der Waals surface area contributed by atoms with Gasteiger partial charge in [0.05, 0.1) is 6.04 Å². The molecule has 2 fully saturated rings. The number of anilines is 1. The second-order valence-corrected chi connectivity index (χ2v) is 9.96. The van der Waals surface area contributed by atoms with Gasteiger partial charge in [0.1, 0.15) is 0 Å². The lowest BCUT2D eigenvalue weighted by molar-refractivity contribution is 0.169. The number of nitrogens with one attached hydrogen (secondary N) is 2. The first-order chi connectivity index (χ1) is 15.2. The largest absolute Gasteiger partial charge is 0.372 e. The number of thiophene rings is 1. The minimum Gasteiger partial charge on any atom is -0.372 e. The van der Waals surface area contributed by atoms with Gasteiger partial charge in [-0.3, -0.25) is 9.89 Å². The molecule has 3 heterocycles. The number of hydrogen-bond donors (Lipinski definition) is 2. The molecule has 4 rings (SSSR count). The van der Waals surface area contributed by atoms with Gasteiger partial charge in [-0.25, -0.2) is 0 Å². The summed E-state index contributed by atoms with van der Waals surface area (Å²) in [7, 11) is 1.87. The van der Waals surface area contributed by atoms with E-state index in [-0.39, 0.29) is 6.04 Å². The standard InChI is InChI=1S/C25H37N5S/c1-20(22-9-5-10-23(16-22)30-13-3-4-14-30)28-25(26-2)27-17-21-8-6-12-29(18-21)19-24-11-7-15-31-24/h5,7,9-11,15-16,20-21H,3-4,6,8,12-14,17-19H2,1-2H3,(H2,26,27,28). The normalized spacial score (nSPS) is 21.3. The van der Waals surface area contributed by atoms with Crippen molar-refractivity contribution in [3.05, 3.63) is 52.2 Å². The van der Waals surface area contributed by atoms with E-state index in [1.54, 1.807) is 0 Å². The summed E-state index contributed by atoms with van der Waals surface area (Å²) in [5, 5.41) is 9.37. The zero-order chi connectivity index (χ0) is 21.5. The fourth-order valence-corrected chi connectivity index (χ4v) is 5.52. The predicted octanol–water partition coefficient (Wildman–Crippen LogP) is 4.49. The molecule has 168 valence electrons. The Morgan fingerprint density at radius 2 is 2.03 bits per heavy atom. The lowest BCUT2D eigenvalue weighted by Crippen LogP contribution is -2.44. The monoisotopic (exact) mass is 439 g/mol. The van der Waals surface area contributed by atoms with Crippen molar-refractivity contribution in [3.8, 4) is 0 Å². The first-order valence-electron chi connectivity index (χ1n) is 11.8. The van der Waals surface area contributed by atoms with Gasteiger partial charge in [-0.1, -0.05) is 18.2 Å². The van der Waals surface area contributed by atoms with Crippen LogP contribution in [0.3, 0.4) is 0 Å². The van der Waals surface area contributed by atoms with Crippen LogP contribution >= 0.6 is 11.3 Å². The first-order valence-corrected chi connectivity index (χ1v) is 12.7. The third-order valence-corrected chi connectivity index (χ3v) is 7.40. The van der Waals surface area contributed by atoms with Crippen molar-refractivity contribution >= 4 is 23.0 Å². The molecule has 1 aromatic heterocycles. The van der Waals surface area contributed by atoms with Crippen LogP contribution in [0.25, 0.3) is 0 Å². The Bertz CT molecular complexity index is 828. The molecule has 0 bridgehead atoms. The molecule has 1 aromatic carbocycles. The topological polar surface area (TPSA) is 42.9 Å². The van der Waals surface area contributed by atoms with E-state index in [1.807, 2.05) is 18.4 Å². The number of likely N-dealkylation sites (tertiary alicyclic amines) is 1. The molecule has 0 spiro atoms. The molecule has 5 nitrogen and oxygen atoms in total. The Kier molecular flexibility index (Phi) is 7.86. The molecule has 2 saturated heterocycles. The van der Waals surface area contributed by atoms with Crippen LogP contribution in [0, 0.1) is 5.92 Å². The van der Waals surface area contributed by atoms with Gasteiger partial charge >= 0.3 is 0 Å². The van der Waals surface area contributed by atoms with Crippen molar-refractivity contribution in [1.82, 2.24) is 15.5 Å². The summed E-state index contributed by atoms with van der Waals surface area (Å²) < 4.78 is 0. The SMILES string of the molecule is CN=C(NCC1CCCN(Cc2cccs2)C1)NC(C)c1cccc(N2CCCC2)c1. The molecule has 31 heavy (non-hydrogen) atoms. The van der Waals surface area contributed by atoms with Gasteiger partial charge in [-0.05, 0) is 74.2 Å². The van der Waals surface area contributed by atoms with Crippen LogP contribution in [0.2, 0.25) is 0 Å². The Balaban J connectivity index is 1.27. The fourth-order valence-electron chi connectivity index (χ4n) is 4.77. The molecule has 2 aliphatic rings. The molecule has 2 aliphatic heterocycles. The zero-order valence-electron chi connectivity index (χ0n) is 19.0. The maximum atomic E-state index is 4.49. The minimum atomic E-state index is 0.218. The van der Waals surface area contributed by atoms with E-state index in [2.05, 4.69) is 74.1 Å². The van der Waals surface area contributed by atoms with Gasteiger partial charge < -0.3 is 15.5 Å². The molecule has 0 amide bonds. The summed E-state index contributed by atoms with van der Waals surface area (Å²) >= 11 is 1.86. The van der Waals surface area contributed by atoms with Gasteiger partial charge in [-0.2, -0.15) is 0 Å². The highest BCUT2D eigenvalue weighted by Crippen LogP contribution is 2.24. The van der Waals surface area contributed by atoms with Crippen LogP contribution in [-0.2, 0) is 6.54 Å². The van der Waals surface area contributed by atoms with Crippen LogP contribution in [0.5, 0.6) is 0 Å². The molecule has 6 heteroatoms. The number of hydrogen-bond acceptors (Lipinski definition) is 4. The van der Waals surface area contributed by atoms with Crippen molar-refractivity contribution in [2.24, 2.45) is 10.9 Å². The molecular formula is C25H37N5S. The summed E-state index contributed by atoms with van der Waals surface area (Å²) in [4.78, 5) is 11.1. The number of benzene rings is 1. The van der Waals surface area contributed by atoms with E-state index >= 15 is 0 Å². The predicted molar refractivity (Wildman–Crippen MR) is 133 cm³/mol. The number of rotatable bonds is 7. The summed E-state index contributed by atoms with van der Waals surface area (Å²) in [6, 6.07) is 13.6. The third-order valence-electron chi connectivity index (χ3n) is 6.54. The van der Waals surface area contributed by atoms with E-state index in [9.17, 15) is 0 Å². The first kappa shape index (κ1) is 22.2. The summed E-state index contributed by atoms with van der Waals surface area (Å²) in [6.07, 6.45) is 5.18. The number of nitrogens with zero attached hydrogens (tertiary/aromatic N) is 3. The highest BCUT2D eigenvalue weighted by atomic mass is 32.1. The fraction of sp³-hybridized carbons (Fsp3) is 0.560. The van der Waals surface area contributed by atoms with Crippen molar-refractivity contribution in [2.45, 2.75) is 45.2 Å². The molecule has 0 saturated carbocycles. The number of aliphatic imine (C=N–C) groups is 1. The van der Waals surface area contributed by atoms with E-state index < -0.39 is 0 Å². The third kappa shape index (κ3) is 6.23. The van der Waals surface area contributed by atoms with E-state index in [0.29, 0.717) is 5.92 Å². The average Bonchev–Trinajstić information content (AvgIpc) is 3.51. The van der Waals surface area contributed by atoms with Gasteiger partial charge in [0.2, 0.25) is 0 Å². The molecule has 0 radical (unpaired) electrons. The van der Waals surface area contributed by atoms with Gasteiger partial charge in [0.25, 0.3) is 0 Å². The van der Waals surface area contributed by atoms with Gasteiger partial charge in [0.15, 0.2) is 5.96 Å². The van der Waals surface area contributed by atoms with E-state index in [4.69, 9.17) is 0 Å². The van der Waals surface area contributed by atoms with Crippen molar-refractivity contribution in [3.63, 3.8) is 0 Å².